The van der Waals surface area contributed by atoms with E-state index in [0.717, 1.165) is 33.5 Å². The molecular weight excluding hydrogens is 385 g/mol. The Kier molecular flexibility index (Phi) is 6.19. The number of nitrogens with zero attached hydrogens (tertiary/aromatic N) is 3. The average molecular weight is 406 g/mol. The third-order valence-corrected chi connectivity index (χ3v) is 5.14. The van der Waals surface area contributed by atoms with Crippen LogP contribution < -0.4 is 10.6 Å². The number of pyridine rings is 2. The Labute approximate surface area is 172 Å². The molecule has 0 bridgehead atoms. The predicted molar refractivity (Wildman–Crippen MR) is 115 cm³/mol. The highest BCUT2D eigenvalue weighted by molar-refractivity contribution is 7.13. The third-order valence-electron chi connectivity index (χ3n) is 4.34. The van der Waals surface area contributed by atoms with E-state index >= 15 is 0 Å². The highest BCUT2D eigenvalue weighted by Gasteiger charge is 2.05. The minimum Gasteiger partial charge on any atom is -0.325 e. The zero-order chi connectivity index (χ0) is 19.9. The van der Waals surface area contributed by atoms with E-state index in [2.05, 4.69) is 25.6 Å². The van der Waals surface area contributed by atoms with Gasteiger partial charge in [0, 0.05) is 24.3 Å². The van der Waals surface area contributed by atoms with E-state index in [1.807, 2.05) is 54.0 Å². The van der Waals surface area contributed by atoms with Gasteiger partial charge in [-0.05, 0) is 48.4 Å². The molecule has 0 saturated carbocycles. The molecule has 29 heavy (non-hydrogen) atoms. The summed E-state index contributed by atoms with van der Waals surface area (Å²) in [6.07, 6.45) is 4.25. The van der Waals surface area contributed by atoms with Gasteiger partial charge in [0.1, 0.15) is 28.2 Å². The number of hydrogen-bond donors (Lipinski definition) is 2. The minimum absolute atomic E-state index is 0.154. The quantitative estimate of drug-likeness (QED) is 0.412. The summed E-state index contributed by atoms with van der Waals surface area (Å²) in [6.45, 7) is 1.38. The van der Waals surface area contributed by atoms with Crippen LogP contribution in [0.5, 0.6) is 0 Å². The zero-order valence-corrected chi connectivity index (χ0v) is 16.5. The molecule has 0 amide bonds. The molecule has 0 spiro atoms. The van der Waals surface area contributed by atoms with E-state index < -0.39 is 0 Å². The number of rotatable bonds is 8. The molecule has 5 nitrogen and oxygen atoms in total. The van der Waals surface area contributed by atoms with E-state index in [4.69, 9.17) is 0 Å². The lowest BCUT2D eigenvalue weighted by atomic mass is 10.1. The van der Waals surface area contributed by atoms with Crippen molar-refractivity contribution in [3.05, 3.63) is 89.3 Å². The van der Waals surface area contributed by atoms with Crippen LogP contribution in [-0.4, -0.2) is 21.5 Å². The lowest BCUT2D eigenvalue weighted by molar-refractivity contribution is 0.597. The molecule has 7 heteroatoms. The lowest BCUT2D eigenvalue weighted by Crippen LogP contribution is -2.17. The van der Waals surface area contributed by atoms with Crippen LogP contribution in [0.1, 0.15) is 11.1 Å². The van der Waals surface area contributed by atoms with Crippen LogP contribution in [0, 0.1) is 5.82 Å². The Hall–Kier alpha value is -3.16. The van der Waals surface area contributed by atoms with Crippen LogP contribution in [-0.2, 0) is 13.0 Å². The molecular formula is C22H20FN5S. The zero-order valence-electron chi connectivity index (χ0n) is 15.7. The van der Waals surface area contributed by atoms with E-state index in [-0.39, 0.29) is 5.82 Å². The molecule has 1 aromatic carbocycles. The Balaban J connectivity index is 1.29. The third kappa shape index (κ3) is 5.22. The lowest BCUT2D eigenvalue weighted by Gasteiger charge is -2.08. The molecule has 0 unspecified atom stereocenters. The first-order chi connectivity index (χ1) is 14.3. The first-order valence-electron chi connectivity index (χ1n) is 9.31. The molecule has 0 fully saturated rings. The van der Waals surface area contributed by atoms with Crippen molar-refractivity contribution in [3.8, 4) is 10.7 Å². The van der Waals surface area contributed by atoms with Crippen molar-refractivity contribution in [2.45, 2.75) is 13.0 Å². The molecule has 3 heterocycles. The second-order valence-corrected chi connectivity index (χ2v) is 7.33. The van der Waals surface area contributed by atoms with Gasteiger partial charge in [-0.3, -0.25) is 0 Å². The van der Waals surface area contributed by atoms with Gasteiger partial charge in [-0.2, -0.15) is 0 Å². The van der Waals surface area contributed by atoms with Crippen molar-refractivity contribution >= 4 is 23.0 Å². The first-order valence-corrected chi connectivity index (χ1v) is 10.2. The van der Waals surface area contributed by atoms with E-state index in [0.29, 0.717) is 19.5 Å². The molecule has 0 aliphatic carbocycles. The van der Waals surface area contributed by atoms with Crippen molar-refractivity contribution in [3.63, 3.8) is 0 Å². The highest BCUT2D eigenvalue weighted by atomic mass is 32.1. The summed E-state index contributed by atoms with van der Waals surface area (Å²) < 4.78 is 13.6. The topological polar surface area (TPSA) is 62.7 Å². The maximum atomic E-state index is 13.6. The van der Waals surface area contributed by atoms with Crippen LogP contribution in [0.25, 0.3) is 10.7 Å². The van der Waals surface area contributed by atoms with Gasteiger partial charge in [0.2, 0.25) is 0 Å². The number of anilines is 2. The molecule has 2 N–H and O–H groups in total. The van der Waals surface area contributed by atoms with Gasteiger partial charge >= 0.3 is 0 Å². The average Bonchev–Trinajstić information content (AvgIpc) is 3.29. The van der Waals surface area contributed by atoms with E-state index in [1.54, 1.807) is 23.6 Å². The van der Waals surface area contributed by atoms with Crippen LogP contribution >= 0.6 is 11.3 Å². The summed E-state index contributed by atoms with van der Waals surface area (Å²) in [5.41, 5.74) is 2.62. The van der Waals surface area contributed by atoms with Crippen molar-refractivity contribution in [2.75, 3.05) is 11.9 Å². The summed E-state index contributed by atoms with van der Waals surface area (Å²) in [5, 5.41) is 9.37. The van der Waals surface area contributed by atoms with Gasteiger partial charge in [-0.15, -0.1) is 11.3 Å². The number of benzene rings is 1. The monoisotopic (exact) mass is 405 g/mol. The van der Waals surface area contributed by atoms with Crippen molar-refractivity contribution in [2.24, 2.45) is 0 Å². The van der Waals surface area contributed by atoms with Crippen LogP contribution in [0.4, 0.5) is 16.0 Å². The SMILES string of the molecule is Fc1ccccc1CCNCc1ccc(Nc2cccc(-c3nccs3)n2)nc1. The molecule has 4 rings (SSSR count). The molecule has 3 aromatic heterocycles. The normalized spacial score (nSPS) is 10.8. The van der Waals surface area contributed by atoms with Crippen LogP contribution in [0.2, 0.25) is 0 Å². The van der Waals surface area contributed by atoms with Gasteiger partial charge in [-0.25, -0.2) is 19.3 Å². The predicted octanol–water partition coefficient (Wildman–Crippen LogP) is 4.82. The fourth-order valence-corrected chi connectivity index (χ4v) is 3.47. The Morgan fingerprint density at radius 2 is 1.86 bits per heavy atom. The maximum Gasteiger partial charge on any atom is 0.141 e. The van der Waals surface area contributed by atoms with Gasteiger partial charge in [0.25, 0.3) is 0 Å². The van der Waals surface area contributed by atoms with Crippen molar-refractivity contribution in [1.82, 2.24) is 20.3 Å². The molecule has 0 radical (unpaired) electrons. The fourth-order valence-electron chi connectivity index (χ4n) is 2.86. The summed E-state index contributed by atoms with van der Waals surface area (Å²) in [5.74, 6) is 1.30. The summed E-state index contributed by atoms with van der Waals surface area (Å²) in [4.78, 5) is 13.3. The number of hydrogen-bond acceptors (Lipinski definition) is 6. The Morgan fingerprint density at radius 3 is 2.66 bits per heavy atom. The fraction of sp³-hybridized carbons (Fsp3) is 0.136. The molecule has 146 valence electrons. The second-order valence-electron chi connectivity index (χ2n) is 6.44. The van der Waals surface area contributed by atoms with Gasteiger partial charge in [0.05, 0.1) is 0 Å². The standard InChI is InChI=1S/C22H20FN5S/c23-18-5-2-1-4-17(18)10-11-24-14-16-8-9-20(26-15-16)28-21-7-3-6-19(27-21)22-25-12-13-29-22/h1-9,12-13,15,24H,10-11,14H2,(H,26,27,28). The summed E-state index contributed by atoms with van der Waals surface area (Å²) in [6, 6.07) is 16.6. The van der Waals surface area contributed by atoms with Gasteiger partial charge in [-0.1, -0.05) is 30.3 Å². The maximum absolute atomic E-state index is 13.6. The number of nitrogens with one attached hydrogen (secondary N) is 2. The largest absolute Gasteiger partial charge is 0.325 e. The summed E-state index contributed by atoms with van der Waals surface area (Å²) >= 11 is 1.56. The number of halogens is 1. The van der Waals surface area contributed by atoms with Crippen molar-refractivity contribution in [1.29, 1.82) is 0 Å². The van der Waals surface area contributed by atoms with Crippen LogP contribution in [0.3, 0.4) is 0 Å². The smallest absolute Gasteiger partial charge is 0.141 e. The molecule has 0 atom stereocenters. The van der Waals surface area contributed by atoms with E-state index in [9.17, 15) is 4.39 Å². The highest BCUT2D eigenvalue weighted by Crippen LogP contribution is 2.22. The number of thiazole rings is 1. The minimum atomic E-state index is -0.154. The molecule has 0 saturated heterocycles. The first kappa shape index (κ1) is 19.2. The van der Waals surface area contributed by atoms with E-state index in [1.165, 1.54) is 6.07 Å². The van der Waals surface area contributed by atoms with Crippen LogP contribution in [0.15, 0.2) is 72.4 Å². The van der Waals surface area contributed by atoms with Gasteiger partial charge in [0.15, 0.2) is 0 Å². The summed E-state index contributed by atoms with van der Waals surface area (Å²) in [7, 11) is 0. The van der Waals surface area contributed by atoms with Gasteiger partial charge < -0.3 is 10.6 Å². The Bertz CT molecular complexity index is 1050. The molecule has 0 aliphatic heterocycles. The number of aromatic nitrogens is 3. The van der Waals surface area contributed by atoms with Crippen molar-refractivity contribution < 1.29 is 4.39 Å². The second kappa shape index (κ2) is 9.36. The molecule has 0 aliphatic rings. The Morgan fingerprint density at radius 1 is 0.931 bits per heavy atom. The molecule has 4 aromatic rings.